The van der Waals surface area contributed by atoms with Gasteiger partial charge in [0.2, 0.25) is 0 Å². The highest BCUT2D eigenvalue weighted by Gasteiger charge is 2.20. The molecule has 0 fully saturated rings. The highest BCUT2D eigenvalue weighted by Crippen LogP contribution is 2.32. The molecule has 0 aromatic heterocycles. The molecule has 3 aromatic carbocycles. The van der Waals surface area contributed by atoms with Crippen molar-refractivity contribution in [3.05, 3.63) is 60.7 Å². The first-order chi connectivity index (χ1) is 16.1. The normalized spacial score (nSPS) is 11.4. The minimum Gasteiger partial charge on any atom is -0.497 e. The Morgan fingerprint density at radius 1 is 0.559 bits per heavy atom. The van der Waals surface area contributed by atoms with Crippen LogP contribution in [0.4, 0.5) is 11.4 Å². The van der Waals surface area contributed by atoms with Crippen LogP contribution in [0.3, 0.4) is 0 Å². The van der Waals surface area contributed by atoms with Crippen molar-refractivity contribution in [3.63, 3.8) is 0 Å². The van der Waals surface area contributed by atoms with Crippen LogP contribution in [0.5, 0.6) is 23.0 Å². The quantitative estimate of drug-likeness (QED) is 0.427. The van der Waals surface area contributed by atoms with Crippen molar-refractivity contribution >= 4 is 31.4 Å². The topological polar surface area (TPSA) is 129 Å². The molecule has 0 spiro atoms. The second kappa shape index (κ2) is 10.1. The molecule has 0 saturated carbocycles. The fourth-order valence-electron chi connectivity index (χ4n) is 3.00. The average molecular weight is 509 g/mol. The van der Waals surface area contributed by atoms with Gasteiger partial charge in [0.05, 0.1) is 43.9 Å². The van der Waals surface area contributed by atoms with Crippen molar-refractivity contribution in [2.45, 2.75) is 9.79 Å². The van der Waals surface area contributed by atoms with Crippen LogP contribution >= 0.6 is 0 Å². The second-order valence-electron chi connectivity index (χ2n) is 6.82. The lowest BCUT2D eigenvalue weighted by Gasteiger charge is -2.14. The van der Waals surface area contributed by atoms with E-state index < -0.39 is 20.0 Å². The van der Waals surface area contributed by atoms with Crippen molar-refractivity contribution in [3.8, 4) is 23.0 Å². The third kappa shape index (κ3) is 5.46. The van der Waals surface area contributed by atoms with E-state index in [2.05, 4.69) is 9.44 Å². The number of hydrogen-bond donors (Lipinski definition) is 2. The van der Waals surface area contributed by atoms with Crippen LogP contribution in [0.25, 0.3) is 0 Å². The highest BCUT2D eigenvalue weighted by molar-refractivity contribution is 7.93. The summed E-state index contributed by atoms with van der Waals surface area (Å²) in [7, 11) is -2.24. The highest BCUT2D eigenvalue weighted by atomic mass is 32.2. The molecular formula is C22H24N2O8S2. The molecule has 0 aliphatic heterocycles. The Labute approximate surface area is 198 Å². The van der Waals surface area contributed by atoms with E-state index in [9.17, 15) is 16.8 Å². The molecule has 2 N–H and O–H groups in total. The molecule has 0 amide bonds. The monoisotopic (exact) mass is 508 g/mol. The summed E-state index contributed by atoms with van der Waals surface area (Å²) in [5.41, 5.74) is 0.368. The van der Waals surface area contributed by atoms with Crippen LogP contribution in [-0.2, 0) is 20.0 Å². The van der Waals surface area contributed by atoms with Gasteiger partial charge in [0.25, 0.3) is 20.0 Å². The summed E-state index contributed by atoms with van der Waals surface area (Å²) in [6.45, 7) is 0. The number of hydrogen-bond acceptors (Lipinski definition) is 8. The van der Waals surface area contributed by atoms with E-state index >= 15 is 0 Å². The number of rotatable bonds is 10. The molecule has 12 heteroatoms. The molecule has 34 heavy (non-hydrogen) atoms. The van der Waals surface area contributed by atoms with Crippen LogP contribution < -0.4 is 28.4 Å². The molecule has 0 aliphatic rings. The smallest absolute Gasteiger partial charge is 0.262 e. The Balaban J connectivity index is 1.82. The third-order valence-corrected chi connectivity index (χ3v) is 7.49. The molecule has 3 rings (SSSR count). The van der Waals surface area contributed by atoms with E-state index in [4.69, 9.17) is 18.9 Å². The second-order valence-corrected chi connectivity index (χ2v) is 10.2. The number of benzene rings is 3. The molecule has 0 heterocycles. The van der Waals surface area contributed by atoms with Crippen molar-refractivity contribution in [2.75, 3.05) is 37.9 Å². The number of sulfonamides is 2. The maximum absolute atomic E-state index is 12.8. The summed E-state index contributed by atoms with van der Waals surface area (Å²) in [6, 6.07) is 14.1. The van der Waals surface area contributed by atoms with Gasteiger partial charge in [-0.1, -0.05) is 0 Å². The number of anilines is 2. The zero-order valence-corrected chi connectivity index (χ0v) is 20.5. The minimum absolute atomic E-state index is 0.0476. The fourth-order valence-corrected chi connectivity index (χ4v) is 5.13. The summed E-state index contributed by atoms with van der Waals surface area (Å²) >= 11 is 0. The SMILES string of the molecule is COc1ccc(OC)c(NS(=O)(=O)c2ccc(NS(=O)(=O)c3ccc(OC)c(OC)c3)cc2)c1. The predicted molar refractivity (Wildman–Crippen MR) is 127 cm³/mol. The Morgan fingerprint density at radius 2 is 1.12 bits per heavy atom. The Hall–Kier alpha value is -3.64. The number of ether oxygens (including phenoxy) is 4. The summed E-state index contributed by atoms with van der Waals surface area (Å²) in [5, 5.41) is 0. The van der Waals surface area contributed by atoms with E-state index in [0.717, 1.165) is 0 Å². The van der Waals surface area contributed by atoms with Gasteiger partial charge in [-0.3, -0.25) is 9.44 Å². The molecule has 10 nitrogen and oxygen atoms in total. The first-order valence-corrected chi connectivity index (χ1v) is 12.7. The third-order valence-electron chi connectivity index (χ3n) is 4.73. The molecular weight excluding hydrogens is 484 g/mol. The summed E-state index contributed by atoms with van der Waals surface area (Å²) in [6.07, 6.45) is 0. The molecule has 0 unspecified atom stereocenters. The molecule has 0 bridgehead atoms. The molecule has 3 aromatic rings. The van der Waals surface area contributed by atoms with E-state index in [0.29, 0.717) is 17.2 Å². The lowest BCUT2D eigenvalue weighted by Crippen LogP contribution is -2.15. The van der Waals surface area contributed by atoms with Gasteiger partial charge in [0.15, 0.2) is 11.5 Å². The maximum Gasteiger partial charge on any atom is 0.262 e. The Morgan fingerprint density at radius 3 is 1.71 bits per heavy atom. The van der Waals surface area contributed by atoms with Crippen molar-refractivity contribution in [1.82, 2.24) is 0 Å². The molecule has 0 atom stereocenters. The zero-order valence-electron chi connectivity index (χ0n) is 18.9. The van der Waals surface area contributed by atoms with Gasteiger partial charge in [-0.25, -0.2) is 16.8 Å². The molecule has 0 saturated heterocycles. The van der Waals surface area contributed by atoms with Gasteiger partial charge in [-0.15, -0.1) is 0 Å². The Bertz CT molecular complexity index is 1370. The first-order valence-electron chi connectivity index (χ1n) is 9.73. The fraction of sp³-hybridized carbons (Fsp3) is 0.182. The lowest BCUT2D eigenvalue weighted by atomic mass is 10.3. The van der Waals surface area contributed by atoms with Gasteiger partial charge in [-0.2, -0.15) is 0 Å². The summed E-state index contributed by atoms with van der Waals surface area (Å²) in [4.78, 5) is -0.125. The maximum atomic E-state index is 12.8. The largest absolute Gasteiger partial charge is 0.497 e. The van der Waals surface area contributed by atoms with Crippen LogP contribution in [0, 0.1) is 0 Å². The zero-order chi connectivity index (χ0) is 24.9. The van der Waals surface area contributed by atoms with Crippen LogP contribution in [-0.4, -0.2) is 45.3 Å². The predicted octanol–water partition coefficient (Wildman–Crippen LogP) is 3.32. The minimum atomic E-state index is -3.99. The number of nitrogens with one attached hydrogen (secondary N) is 2. The van der Waals surface area contributed by atoms with Gasteiger partial charge >= 0.3 is 0 Å². The van der Waals surface area contributed by atoms with E-state index in [1.165, 1.54) is 77.0 Å². The van der Waals surface area contributed by atoms with Crippen LogP contribution in [0.15, 0.2) is 70.5 Å². The first kappa shape index (κ1) is 25.0. The van der Waals surface area contributed by atoms with Crippen molar-refractivity contribution in [1.29, 1.82) is 0 Å². The summed E-state index contributed by atoms with van der Waals surface area (Å²) in [5.74, 6) is 1.39. The van der Waals surface area contributed by atoms with E-state index in [1.54, 1.807) is 12.1 Å². The molecule has 0 aliphatic carbocycles. The molecule has 0 radical (unpaired) electrons. The van der Waals surface area contributed by atoms with Crippen LogP contribution in [0.1, 0.15) is 0 Å². The Kier molecular flexibility index (Phi) is 7.42. The summed E-state index contributed by atoms with van der Waals surface area (Å²) < 4.78 is 76.7. The standard InChI is InChI=1S/C22H24N2O8S2/c1-29-16-7-11-20(30-2)19(13-16)24-33(25,26)17-8-5-15(6-9-17)23-34(27,28)18-10-12-21(31-3)22(14-18)32-4/h5-14,23-24H,1-4H3. The van der Waals surface area contributed by atoms with Gasteiger partial charge in [0, 0.05) is 17.8 Å². The lowest BCUT2D eigenvalue weighted by molar-refractivity contribution is 0.354. The van der Waals surface area contributed by atoms with Gasteiger partial charge in [-0.05, 0) is 48.5 Å². The van der Waals surface area contributed by atoms with E-state index in [1.807, 2.05) is 0 Å². The van der Waals surface area contributed by atoms with Gasteiger partial charge in [0.1, 0.15) is 11.5 Å². The van der Waals surface area contributed by atoms with Crippen LogP contribution in [0.2, 0.25) is 0 Å². The van der Waals surface area contributed by atoms with Crippen molar-refractivity contribution in [2.24, 2.45) is 0 Å². The average Bonchev–Trinajstić information content (AvgIpc) is 2.83. The number of methoxy groups -OCH3 is 4. The van der Waals surface area contributed by atoms with Gasteiger partial charge < -0.3 is 18.9 Å². The van der Waals surface area contributed by atoms with E-state index in [-0.39, 0.29) is 26.9 Å². The van der Waals surface area contributed by atoms with Crippen molar-refractivity contribution < 1.29 is 35.8 Å². The molecule has 182 valence electrons.